The first-order chi connectivity index (χ1) is 11.7. The molecule has 136 valence electrons. The molecular weight excluding hydrogens is 337 g/mol. The Morgan fingerprint density at radius 3 is 2.44 bits per heavy atom. The predicted octanol–water partition coefficient (Wildman–Crippen LogP) is 3.68. The fourth-order valence-corrected chi connectivity index (χ4v) is 2.47. The number of unbranched alkanes of at least 4 members (excludes halogenated alkanes) is 1. The number of amides is 2. The number of hydrogen-bond acceptors (Lipinski definition) is 3. The van der Waals surface area contributed by atoms with Crippen LogP contribution in [0.15, 0.2) is 35.5 Å². The number of ether oxygens (including phenoxy) is 1. The number of alkyl halides is 3. The number of carbonyl (C=O) groups is 2. The van der Waals surface area contributed by atoms with E-state index in [4.69, 9.17) is 4.74 Å². The zero-order valence-electron chi connectivity index (χ0n) is 13.9. The number of carbonyl (C=O) groups excluding carboxylic acids is 2. The van der Waals surface area contributed by atoms with Crippen molar-refractivity contribution in [1.82, 2.24) is 10.6 Å². The summed E-state index contributed by atoms with van der Waals surface area (Å²) in [6.07, 6.45) is -2.91. The SMILES string of the molecule is CCCCOC(=O)C1=C(C)NC(=O)NC1c1ccc(C(F)(F)F)cc1. The van der Waals surface area contributed by atoms with Crippen LogP contribution in [0.5, 0.6) is 0 Å². The number of rotatable bonds is 5. The molecule has 1 aliphatic heterocycles. The van der Waals surface area contributed by atoms with Gasteiger partial charge in [0.2, 0.25) is 0 Å². The van der Waals surface area contributed by atoms with Gasteiger partial charge < -0.3 is 15.4 Å². The second-order valence-corrected chi connectivity index (χ2v) is 5.68. The van der Waals surface area contributed by atoms with Crippen LogP contribution in [-0.4, -0.2) is 18.6 Å². The molecule has 25 heavy (non-hydrogen) atoms. The summed E-state index contributed by atoms with van der Waals surface area (Å²) in [4.78, 5) is 24.1. The number of benzene rings is 1. The van der Waals surface area contributed by atoms with Gasteiger partial charge >= 0.3 is 18.2 Å². The van der Waals surface area contributed by atoms with Gasteiger partial charge in [-0.05, 0) is 31.0 Å². The van der Waals surface area contributed by atoms with E-state index in [0.29, 0.717) is 17.7 Å². The summed E-state index contributed by atoms with van der Waals surface area (Å²) in [5, 5.41) is 5.04. The molecule has 0 aliphatic carbocycles. The maximum Gasteiger partial charge on any atom is 0.416 e. The van der Waals surface area contributed by atoms with Crippen molar-refractivity contribution in [2.45, 2.75) is 38.9 Å². The molecule has 0 aromatic heterocycles. The third-order valence-electron chi connectivity index (χ3n) is 3.79. The maximum absolute atomic E-state index is 12.7. The lowest BCUT2D eigenvalue weighted by Gasteiger charge is -2.28. The van der Waals surface area contributed by atoms with Crippen LogP contribution in [-0.2, 0) is 15.7 Å². The first kappa shape index (κ1) is 18.8. The quantitative estimate of drug-likeness (QED) is 0.625. The Morgan fingerprint density at radius 2 is 1.88 bits per heavy atom. The normalized spacial score (nSPS) is 17.8. The molecule has 2 amide bonds. The molecule has 1 atom stereocenters. The van der Waals surface area contributed by atoms with Crippen molar-refractivity contribution in [3.8, 4) is 0 Å². The Morgan fingerprint density at radius 1 is 1.24 bits per heavy atom. The summed E-state index contributed by atoms with van der Waals surface area (Å²) in [6, 6.07) is 2.91. The molecule has 1 heterocycles. The molecule has 0 saturated heterocycles. The minimum Gasteiger partial charge on any atom is -0.462 e. The summed E-state index contributed by atoms with van der Waals surface area (Å²) in [5.74, 6) is -0.608. The van der Waals surface area contributed by atoms with E-state index in [-0.39, 0.29) is 12.2 Å². The third kappa shape index (κ3) is 4.52. The summed E-state index contributed by atoms with van der Waals surface area (Å²) in [5.41, 5.74) is 0.0551. The maximum atomic E-state index is 12.7. The molecule has 0 saturated carbocycles. The van der Waals surface area contributed by atoms with E-state index in [0.717, 1.165) is 18.6 Å². The molecule has 1 aliphatic rings. The average molecular weight is 356 g/mol. The third-order valence-corrected chi connectivity index (χ3v) is 3.79. The molecular formula is C17H19F3N2O3. The first-order valence-electron chi connectivity index (χ1n) is 7.86. The Bertz CT molecular complexity index is 681. The van der Waals surface area contributed by atoms with Crippen molar-refractivity contribution in [2.24, 2.45) is 0 Å². The van der Waals surface area contributed by atoms with Gasteiger partial charge in [0.1, 0.15) is 0 Å². The molecule has 0 fully saturated rings. The van der Waals surface area contributed by atoms with Crippen molar-refractivity contribution in [3.63, 3.8) is 0 Å². The molecule has 1 aromatic carbocycles. The van der Waals surface area contributed by atoms with Gasteiger partial charge in [-0.15, -0.1) is 0 Å². The molecule has 8 heteroatoms. The van der Waals surface area contributed by atoms with Crippen molar-refractivity contribution in [2.75, 3.05) is 6.61 Å². The van der Waals surface area contributed by atoms with Gasteiger partial charge in [0.25, 0.3) is 0 Å². The highest BCUT2D eigenvalue weighted by Gasteiger charge is 2.34. The summed E-state index contributed by atoms with van der Waals surface area (Å²) in [7, 11) is 0. The number of allylic oxidation sites excluding steroid dienone is 1. The number of hydrogen-bond donors (Lipinski definition) is 2. The van der Waals surface area contributed by atoms with Gasteiger partial charge in [0, 0.05) is 5.70 Å². The van der Waals surface area contributed by atoms with Crippen LogP contribution in [0.25, 0.3) is 0 Å². The summed E-state index contributed by atoms with van der Waals surface area (Å²) >= 11 is 0. The van der Waals surface area contributed by atoms with Crippen molar-refractivity contribution in [3.05, 3.63) is 46.7 Å². The second kappa shape index (κ2) is 7.58. The van der Waals surface area contributed by atoms with Crippen molar-refractivity contribution < 1.29 is 27.5 Å². The van der Waals surface area contributed by atoms with Crippen LogP contribution >= 0.6 is 0 Å². The fourth-order valence-electron chi connectivity index (χ4n) is 2.47. The molecule has 0 radical (unpaired) electrons. The van der Waals surface area contributed by atoms with Gasteiger partial charge in [-0.25, -0.2) is 9.59 Å². The van der Waals surface area contributed by atoms with Crippen LogP contribution in [0, 0.1) is 0 Å². The molecule has 2 N–H and O–H groups in total. The fraction of sp³-hybridized carbons (Fsp3) is 0.412. The topological polar surface area (TPSA) is 67.4 Å². The van der Waals surface area contributed by atoms with Gasteiger partial charge in [0.05, 0.1) is 23.8 Å². The Hall–Kier alpha value is -2.51. The van der Waals surface area contributed by atoms with Gasteiger partial charge in [0.15, 0.2) is 0 Å². The van der Waals surface area contributed by atoms with E-state index >= 15 is 0 Å². The van der Waals surface area contributed by atoms with E-state index in [1.54, 1.807) is 6.92 Å². The van der Waals surface area contributed by atoms with E-state index < -0.39 is 29.8 Å². The van der Waals surface area contributed by atoms with Crippen LogP contribution < -0.4 is 10.6 Å². The molecule has 2 rings (SSSR count). The summed E-state index contributed by atoms with van der Waals surface area (Å²) < 4.78 is 43.3. The molecule has 1 aromatic rings. The second-order valence-electron chi connectivity index (χ2n) is 5.68. The first-order valence-corrected chi connectivity index (χ1v) is 7.86. The monoisotopic (exact) mass is 356 g/mol. The van der Waals surface area contributed by atoms with Crippen molar-refractivity contribution >= 4 is 12.0 Å². The van der Waals surface area contributed by atoms with Crippen LogP contribution in [0.2, 0.25) is 0 Å². The van der Waals surface area contributed by atoms with Gasteiger partial charge in [-0.1, -0.05) is 25.5 Å². The van der Waals surface area contributed by atoms with E-state index in [1.807, 2.05) is 6.92 Å². The highest BCUT2D eigenvalue weighted by atomic mass is 19.4. The van der Waals surface area contributed by atoms with Crippen LogP contribution in [0.1, 0.15) is 43.9 Å². The smallest absolute Gasteiger partial charge is 0.416 e. The van der Waals surface area contributed by atoms with E-state index in [9.17, 15) is 22.8 Å². The van der Waals surface area contributed by atoms with Crippen molar-refractivity contribution in [1.29, 1.82) is 0 Å². The Kier molecular flexibility index (Phi) is 5.71. The number of halogens is 3. The minimum atomic E-state index is -4.45. The molecule has 1 unspecified atom stereocenters. The Balaban J connectivity index is 2.30. The zero-order chi connectivity index (χ0) is 18.6. The zero-order valence-corrected chi connectivity index (χ0v) is 13.9. The summed E-state index contributed by atoms with van der Waals surface area (Å²) in [6.45, 7) is 3.73. The highest BCUT2D eigenvalue weighted by molar-refractivity contribution is 5.95. The average Bonchev–Trinajstić information content (AvgIpc) is 2.53. The predicted molar refractivity (Wildman–Crippen MR) is 84.4 cm³/mol. The lowest BCUT2D eigenvalue weighted by molar-refractivity contribution is -0.140. The standard InChI is InChI=1S/C17H19F3N2O3/c1-3-4-9-25-15(23)13-10(2)21-16(24)22-14(13)11-5-7-12(8-6-11)17(18,19)20/h5-8,14H,3-4,9H2,1-2H3,(H2,21,22,24). The number of nitrogens with one attached hydrogen (secondary N) is 2. The van der Waals surface area contributed by atoms with Crippen LogP contribution in [0.4, 0.5) is 18.0 Å². The van der Waals surface area contributed by atoms with Gasteiger partial charge in [-0.3, -0.25) is 0 Å². The Labute approximate surface area is 143 Å². The lowest BCUT2D eigenvalue weighted by atomic mass is 9.95. The minimum absolute atomic E-state index is 0.176. The number of urea groups is 1. The number of esters is 1. The molecule has 0 bridgehead atoms. The molecule has 0 spiro atoms. The lowest BCUT2D eigenvalue weighted by Crippen LogP contribution is -2.45. The van der Waals surface area contributed by atoms with E-state index in [2.05, 4.69) is 10.6 Å². The van der Waals surface area contributed by atoms with Gasteiger partial charge in [-0.2, -0.15) is 13.2 Å². The largest absolute Gasteiger partial charge is 0.462 e. The van der Waals surface area contributed by atoms with Crippen LogP contribution in [0.3, 0.4) is 0 Å². The van der Waals surface area contributed by atoms with E-state index in [1.165, 1.54) is 12.1 Å². The highest BCUT2D eigenvalue weighted by Crippen LogP contribution is 2.32. The molecule has 5 nitrogen and oxygen atoms in total.